The molecule has 1 aliphatic rings. The van der Waals surface area contributed by atoms with Crippen LogP contribution in [-0.2, 0) is 0 Å². The van der Waals surface area contributed by atoms with Crippen molar-refractivity contribution in [2.24, 2.45) is 0 Å². The Balaban J connectivity index is 1.40. The molecule has 0 bridgehead atoms. The first-order valence-corrected chi connectivity index (χ1v) is 10.1. The van der Waals surface area contributed by atoms with Crippen molar-refractivity contribution in [2.45, 2.75) is 0 Å². The van der Waals surface area contributed by atoms with Crippen molar-refractivity contribution in [3.05, 3.63) is 57.9 Å². The summed E-state index contributed by atoms with van der Waals surface area (Å²) in [4.78, 5) is 22.5. The summed E-state index contributed by atoms with van der Waals surface area (Å²) in [6, 6.07) is 11.9. The summed E-state index contributed by atoms with van der Waals surface area (Å²) < 4.78 is 0. The first kappa shape index (κ1) is 16.6. The Morgan fingerprint density at radius 1 is 1.04 bits per heavy atom. The highest BCUT2D eigenvalue weighted by Crippen LogP contribution is 2.28. The van der Waals surface area contributed by atoms with Crippen molar-refractivity contribution < 1.29 is 4.79 Å². The Hall–Kier alpha value is -1.89. The van der Waals surface area contributed by atoms with E-state index >= 15 is 0 Å². The van der Waals surface area contributed by atoms with Gasteiger partial charge in [0.15, 0.2) is 0 Å². The number of aromatic nitrogens is 1. The van der Waals surface area contributed by atoms with Crippen LogP contribution >= 0.6 is 34.3 Å². The highest BCUT2D eigenvalue weighted by atomic mass is 35.5. The van der Waals surface area contributed by atoms with Gasteiger partial charge in [0.2, 0.25) is 0 Å². The number of anilines is 1. The van der Waals surface area contributed by atoms with Crippen LogP contribution in [0.15, 0.2) is 47.2 Å². The molecule has 128 valence electrons. The molecule has 0 aliphatic carbocycles. The van der Waals surface area contributed by atoms with Crippen molar-refractivity contribution in [1.82, 2.24) is 9.88 Å². The third-order valence-corrected chi connectivity index (χ3v) is 6.35. The molecule has 0 unspecified atom stereocenters. The molecule has 0 radical (unpaired) electrons. The van der Waals surface area contributed by atoms with Gasteiger partial charge in [0.1, 0.15) is 10.7 Å². The maximum atomic E-state index is 12.7. The van der Waals surface area contributed by atoms with E-state index in [4.69, 9.17) is 11.6 Å². The SMILES string of the molecule is O=C(c1csc(-c2cccs2)n1)N1CCN(c2ccc(Cl)cc2)CC1. The average Bonchev–Trinajstić information content (AvgIpc) is 3.33. The summed E-state index contributed by atoms with van der Waals surface area (Å²) in [7, 11) is 0. The molecular formula is C18H16ClN3OS2. The third kappa shape index (κ3) is 3.56. The minimum absolute atomic E-state index is 0.0230. The summed E-state index contributed by atoms with van der Waals surface area (Å²) in [5.74, 6) is 0.0230. The largest absolute Gasteiger partial charge is 0.368 e. The van der Waals surface area contributed by atoms with Gasteiger partial charge in [-0.25, -0.2) is 4.98 Å². The lowest BCUT2D eigenvalue weighted by Crippen LogP contribution is -2.48. The normalized spacial score (nSPS) is 14.8. The zero-order chi connectivity index (χ0) is 17.2. The van der Waals surface area contributed by atoms with E-state index in [1.807, 2.05) is 52.1 Å². The number of carbonyl (C=O) groups excluding carboxylic acids is 1. The highest BCUT2D eigenvalue weighted by molar-refractivity contribution is 7.20. The first-order valence-electron chi connectivity index (χ1n) is 8.00. The number of benzene rings is 1. The molecule has 2 aromatic heterocycles. The van der Waals surface area contributed by atoms with Crippen LogP contribution in [0.1, 0.15) is 10.5 Å². The van der Waals surface area contributed by atoms with Crippen molar-refractivity contribution in [3.8, 4) is 9.88 Å². The zero-order valence-electron chi connectivity index (χ0n) is 13.4. The van der Waals surface area contributed by atoms with Gasteiger partial charge < -0.3 is 9.80 Å². The quantitative estimate of drug-likeness (QED) is 0.662. The van der Waals surface area contributed by atoms with Crippen LogP contribution in [0.4, 0.5) is 5.69 Å². The number of halogens is 1. The lowest BCUT2D eigenvalue weighted by atomic mass is 10.2. The van der Waals surface area contributed by atoms with Gasteiger partial charge >= 0.3 is 0 Å². The van der Waals surface area contributed by atoms with Gasteiger partial charge in [-0.1, -0.05) is 17.7 Å². The number of rotatable bonds is 3. The Kier molecular flexibility index (Phi) is 4.74. The van der Waals surface area contributed by atoms with Gasteiger partial charge in [-0.15, -0.1) is 22.7 Å². The van der Waals surface area contributed by atoms with E-state index in [9.17, 15) is 4.79 Å². The molecule has 25 heavy (non-hydrogen) atoms. The summed E-state index contributed by atoms with van der Waals surface area (Å²) >= 11 is 9.12. The Labute approximate surface area is 159 Å². The summed E-state index contributed by atoms with van der Waals surface area (Å²) in [5.41, 5.74) is 1.69. The van der Waals surface area contributed by atoms with Crippen LogP contribution in [0.2, 0.25) is 5.02 Å². The minimum atomic E-state index is 0.0230. The van der Waals surface area contributed by atoms with Crippen LogP contribution in [0.25, 0.3) is 9.88 Å². The van der Waals surface area contributed by atoms with Crippen LogP contribution in [-0.4, -0.2) is 42.0 Å². The molecule has 4 rings (SSSR count). The number of carbonyl (C=O) groups is 1. The molecule has 3 heterocycles. The number of hydrogen-bond donors (Lipinski definition) is 0. The summed E-state index contributed by atoms with van der Waals surface area (Å²) in [6.45, 7) is 3.03. The topological polar surface area (TPSA) is 36.4 Å². The van der Waals surface area contributed by atoms with E-state index in [1.54, 1.807) is 11.3 Å². The number of nitrogens with zero attached hydrogens (tertiary/aromatic N) is 3. The zero-order valence-corrected chi connectivity index (χ0v) is 15.8. The number of hydrogen-bond acceptors (Lipinski definition) is 5. The maximum Gasteiger partial charge on any atom is 0.273 e. The second kappa shape index (κ2) is 7.15. The molecule has 1 saturated heterocycles. The molecule has 4 nitrogen and oxygen atoms in total. The number of amides is 1. The average molecular weight is 390 g/mol. The molecule has 1 aliphatic heterocycles. The van der Waals surface area contributed by atoms with Crippen LogP contribution in [0.5, 0.6) is 0 Å². The predicted molar refractivity (Wildman–Crippen MR) is 105 cm³/mol. The van der Waals surface area contributed by atoms with E-state index < -0.39 is 0 Å². The van der Waals surface area contributed by atoms with Crippen LogP contribution in [0, 0.1) is 0 Å². The Bertz CT molecular complexity index is 853. The standard InChI is InChI=1S/C18H16ClN3OS2/c19-13-3-5-14(6-4-13)21-7-9-22(10-8-21)18(23)15-12-25-17(20-15)16-2-1-11-24-16/h1-6,11-12H,7-10H2. The van der Waals surface area contributed by atoms with E-state index in [0.717, 1.165) is 33.7 Å². The second-order valence-corrected chi connectivity index (χ2v) is 8.01. The second-order valence-electron chi connectivity index (χ2n) is 5.77. The molecule has 0 saturated carbocycles. The van der Waals surface area contributed by atoms with E-state index in [2.05, 4.69) is 9.88 Å². The van der Waals surface area contributed by atoms with Gasteiger partial charge in [-0.2, -0.15) is 0 Å². The minimum Gasteiger partial charge on any atom is -0.368 e. The van der Waals surface area contributed by atoms with Crippen molar-refractivity contribution in [2.75, 3.05) is 31.1 Å². The van der Waals surface area contributed by atoms with Gasteiger partial charge in [-0.05, 0) is 35.7 Å². The van der Waals surface area contributed by atoms with Crippen molar-refractivity contribution >= 4 is 45.9 Å². The number of thiophene rings is 1. The molecule has 1 amide bonds. The molecule has 0 spiro atoms. The Morgan fingerprint density at radius 2 is 1.80 bits per heavy atom. The molecule has 0 atom stereocenters. The summed E-state index contributed by atoms with van der Waals surface area (Å²) in [5, 5.41) is 5.54. The van der Waals surface area contributed by atoms with Gasteiger partial charge in [-0.3, -0.25) is 4.79 Å². The maximum absolute atomic E-state index is 12.7. The van der Waals surface area contributed by atoms with E-state index in [-0.39, 0.29) is 5.91 Å². The number of piperazine rings is 1. The monoisotopic (exact) mass is 389 g/mol. The van der Waals surface area contributed by atoms with E-state index in [0.29, 0.717) is 18.8 Å². The fourth-order valence-electron chi connectivity index (χ4n) is 2.87. The molecule has 1 fully saturated rings. The highest BCUT2D eigenvalue weighted by Gasteiger charge is 2.24. The van der Waals surface area contributed by atoms with Crippen LogP contribution in [0.3, 0.4) is 0 Å². The first-order chi connectivity index (χ1) is 12.2. The Morgan fingerprint density at radius 3 is 2.48 bits per heavy atom. The van der Waals surface area contributed by atoms with Crippen molar-refractivity contribution in [3.63, 3.8) is 0 Å². The molecule has 7 heteroatoms. The van der Waals surface area contributed by atoms with Crippen molar-refractivity contribution in [1.29, 1.82) is 0 Å². The van der Waals surface area contributed by atoms with Gasteiger partial charge in [0.05, 0.1) is 4.88 Å². The molecule has 0 N–H and O–H groups in total. The fourth-order valence-corrected chi connectivity index (χ4v) is 4.60. The summed E-state index contributed by atoms with van der Waals surface area (Å²) in [6.07, 6.45) is 0. The van der Waals surface area contributed by atoms with Crippen LogP contribution < -0.4 is 4.90 Å². The lowest BCUT2D eigenvalue weighted by molar-refractivity contribution is 0.0742. The smallest absolute Gasteiger partial charge is 0.273 e. The lowest BCUT2D eigenvalue weighted by Gasteiger charge is -2.35. The van der Waals surface area contributed by atoms with Gasteiger partial charge in [0, 0.05) is 42.3 Å². The number of thiazole rings is 1. The predicted octanol–water partition coefficient (Wildman–Crippen LogP) is 4.49. The van der Waals surface area contributed by atoms with Gasteiger partial charge in [0.25, 0.3) is 5.91 Å². The fraction of sp³-hybridized carbons (Fsp3) is 0.222. The third-order valence-electron chi connectivity index (χ3n) is 4.21. The van der Waals surface area contributed by atoms with E-state index in [1.165, 1.54) is 11.3 Å². The molecule has 1 aromatic carbocycles. The molecular weight excluding hydrogens is 374 g/mol. The molecule has 3 aromatic rings.